The van der Waals surface area contributed by atoms with E-state index in [1.54, 1.807) is 11.3 Å². The molecular weight excluding hydrogens is 292 g/mol. The van der Waals surface area contributed by atoms with Crippen molar-refractivity contribution in [1.29, 1.82) is 0 Å². The second-order valence-corrected chi connectivity index (χ2v) is 7.93. The van der Waals surface area contributed by atoms with E-state index in [1.807, 2.05) is 0 Å². The molecule has 1 amide bonds. The van der Waals surface area contributed by atoms with E-state index in [-0.39, 0.29) is 12.0 Å². The first-order valence-electron chi connectivity index (χ1n) is 8.74. The molecule has 1 aliphatic heterocycles. The van der Waals surface area contributed by atoms with Gasteiger partial charge in [-0.05, 0) is 55.1 Å². The van der Waals surface area contributed by atoms with E-state index in [1.165, 1.54) is 17.7 Å². The van der Waals surface area contributed by atoms with Gasteiger partial charge in [0, 0.05) is 10.8 Å². The average molecular weight is 321 g/mol. The van der Waals surface area contributed by atoms with Gasteiger partial charge >= 0.3 is 0 Å². The Bertz CT molecular complexity index is 489. The summed E-state index contributed by atoms with van der Waals surface area (Å²) in [5.41, 5.74) is 0.323. The minimum atomic E-state index is 0.196. The van der Waals surface area contributed by atoms with Crippen molar-refractivity contribution in [2.75, 3.05) is 13.1 Å². The third-order valence-electron chi connectivity index (χ3n) is 5.77. The lowest BCUT2D eigenvalue weighted by Gasteiger charge is -2.27. The van der Waals surface area contributed by atoms with Crippen LogP contribution in [0.2, 0.25) is 0 Å². The Morgan fingerprint density at radius 1 is 1.41 bits per heavy atom. The highest BCUT2D eigenvalue weighted by atomic mass is 32.1. The van der Waals surface area contributed by atoms with Crippen molar-refractivity contribution < 1.29 is 4.79 Å². The standard InChI is InChI=1S/C18H28N2OS/c1-3-13(4-2)16(15-6-5-11-22-15)20-17(21)14-12-18(14)7-9-19-10-8-18/h5-6,11,13-14,16,19H,3-4,7-10,12H2,1-2H3,(H,20,21). The van der Waals surface area contributed by atoms with E-state index in [0.717, 1.165) is 32.4 Å². The summed E-state index contributed by atoms with van der Waals surface area (Å²) in [7, 11) is 0. The summed E-state index contributed by atoms with van der Waals surface area (Å²) in [6.45, 7) is 6.61. The number of piperidine rings is 1. The third kappa shape index (κ3) is 3.09. The van der Waals surface area contributed by atoms with Gasteiger partial charge in [0.15, 0.2) is 0 Å². The van der Waals surface area contributed by atoms with Crippen LogP contribution in [0.4, 0.5) is 0 Å². The lowest BCUT2D eigenvalue weighted by Crippen LogP contribution is -2.37. The molecular formula is C18H28N2OS. The summed E-state index contributed by atoms with van der Waals surface area (Å²) in [5.74, 6) is 1.09. The molecule has 2 heterocycles. The van der Waals surface area contributed by atoms with Crippen LogP contribution < -0.4 is 10.6 Å². The Kier molecular flexibility index (Phi) is 4.88. The number of carbonyl (C=O) groups is 1. The zero-order valence-electron chi connectivity index (χ0n) is 13.7. The molecule has 0 radical (unpaired) electrons. The molecule has 1 spiro atoms. The van der Waals surface area contributed by atoms with Gasteiger partial charge in [0.05, 0.1) is 6.04 Å². The Balaban J connectivity index is 1.67. The van der Waals surface area contributed by atoms with Crippen molar-refractivity contribution >= 4 is 17.2 Å². The maximum Gasteiger partial charge on any atom is 0.224 e. The van der Waals surface area contributed by atoms with Gasteiger partial charge in [-0.3, -0.25) is 4.79 Å². The van der Waals surface area contributed by atoms with Crippen molar-refractivity contribution in [1.82, 2.24) is 10.6 Å². The number of thiophene rings is 1. The molecule has 0 aromatic carbocycles. The predicted molar refractivity (Wildman–Crippen MR) is 91.9 cm³/mol. The summed E-state index contributed by atoms with van der Waals surface area (Å²) in [6, 6.07) is 4.45. The summed E-state index contributed by atoms with van der Waals surface area (Å²) >= 11 is 1.77. The van der Waals surface area contributed by atoms with Crippen LogP contribution in [-0.4, -0.2) is 19.0 Å². The fourth-order valence-electron chi connectivity index (χ4n) is 4.10. The van der Waals surface area contributed by atoms with E-state index < -0.39 is 0 Å². The summed E-state index contributed by atoms with van der Waals surface area (Å²) in [4.78, 5) is 14.1. The Morgan fingerprint density at radius 2 is 2.14 bits per heavy atom. The van der Waals surface area contributed by atoms with Crippen molar-refractivity contribution in [3.63, 3.8) is 0 Å². The van der Waals surface area contributed by atoms with Crippen molar-refractivity contribution in [2.45, 2.75) is 52.0 Å². The molecule has 2 atom stereocenters. The summed E-state index contributed by atoms with van der Waals surface area (Å²) in [6.07, 6.45) is 5.65. The third-order valence-corrected chi connectivity index (χ3v) is 6.73. The molecule has 3 nitrogen and oxygen atoms in total. The maximum absolute atomic E-state index is 12.8. The second-order valence-electron chi connectivity index (χ2n) is 6.95. The fourth-order valence-corrected chi connectivity index (χ4v) is 4.97. The Morgan fingerprint density at radius 3 is 2.73 bits per heavy atom. The van der Waals surface area contributed by atoms with Gasteiger partial charge in [0.25, 0.3) is 0 Å². The molecule has 3 rings (SSSR count). The largest absolute Gasteiger partial charge is 0.348 e. The molecule has 1 aromatic heterocycles. The molecule has 1 aliphatic carbocycles. The predicted octanol–water partition coefficient (Wildman–Crippen LogP) is 3.73. The second kappa shape index (κ2) is 6.71. The van der Waals surface area contributed by atoms with Gasteiger partial charge in [0.1, 0.15) is 0 Å². The summed E-state index contributed by atoms with van der Waals surface area (Å²) < 4.78 is 0. The van der Waals surface area contributed by atoms with Crippen LogP contribution in [0.1, 0.15) is 56.9 Å². The minimum Gasteiger partial charge on any atom is -0.348 e. The average Bonchev–Trinajstić information content (AvgIpc) is 2.99. The zero-order chi connectivity index (χ0) is 15.6. The normalized spacial score (nSPS) is 24.4. The van der Waals surface area contributed by atoms with Gasteiger partial charge < -0.3 is 10.6 Å². The van der Waals surface area contributed by atoms with Crippen LogP contribution >= 0.6 is 11.3 Å². The number of amides is 1. The highest BCUT2D eigenvalue weighted by Crippen LogP contribution is 2.58. The number of hydrogen-bond acceptors (Lipinski definition) is 3. The molecule has 1 saturated carbocycles. The molecule has 122 valence electrons. The number of nitrogens with one attached hydrogen (secondary N) is 2. The van der Waals surface area contributed by atoms with Crippen LogP contribution in [0.25, 0.3) is 0 Å². The topological polar surface area (TPSA) is 41.1 Å². The number of hydrogen-bond donors (Lipinski definition) is 2. The van der Waals surface area contributed by atoms with Crippen molar-refractivity contribution in [3.8, 4) is 0 Å². The van der Waals surface area contributed by atoms with Crippen molar-refractivity contribution in [3.05, 3.63) is 22.4 Å². The van der Waals surface area contributed by atoms with Crippen LogP contribution in [-0.2, 0) is 4.79 Å². The Hall–Kier alpha value is -0.870. The monoisotopic (exact) mass is 320 g/mol. The highest BCUT2D eigenvalue weighted by Gasteiger charge is 2.57. The lowest BCUT2D eigenvalue weighted by atomic mass is 9.90. The smallest absolute Gasteiger partial charge is 0.224 e. The first-order chi connectivity index (χ1) is 10.7. The summed E-state index contributed by atoms with van der Waals surface area (Å²) in [5, 5.41) is 8.93. The van der Waals surface area contributed by atoms with E-state index in [4.69, 9.17) is 0 Å². The van der Waals surface area contributed by atoms with Gasteiger partial charge in [-0.25, -0.2) is 0 Å². The van der Waals surface area contributed by atoms with E-state index in [9.17, 15) is 4.79 Å². The van der Waals surface area contributed by atoms with Crippen LogP contribution in [0, 0.1) is 17.3 Å². The van der Waals surface area contributed by atoms with Crippen LogP contribution in [0.3, 0.4) is 0 Å². The first kappa shape index (κ1) is 16.0. The fraction of sp³-hybridized carbons (Fsp3) is 0.722. The van der Waals surface area contributed by atoms with Crippen LogP contribution in [0.15, 0.2) is 17.5 Å². The quantitative estimate of drug-likeness (QED) is 0.838. The molecule has 2 aliphatic rings. The molecule has 1 saturated heterocycles. The molecule has 1 aromatic rings. The molecule has 0 bridgehead atoms. The maximum atomic E-state index is 12.8. The zero-order valence-corrected chi connectivity index (χ0v) is 14.5. The Labute approximate surface area is 137 Å². The number of rotatable bonds is 6. The highest BCUT2D eigenvalue weighted by molar-refractivity contribution is 7.10. The number of carbonyl (C=O) groups excluding carboxylic acids is 1. The minimum absolute atomic E-state index is 0.196. The van der Waals surface area contributed by atoms with Crippen molar-refractivity contribution in [2.24, 2.45) is 17.3 Å². The van der Waals surface area contributed by atoms with Gasteiger partial charge in [-0.2, -0.15) is 0 Å². The van der Waals surface area contributed by atoms with Gasteiger partial charge in [-0.1, -0.05) is 32.8 Å². The van der Waals surface area contributed by atoms with E-state index >= 15 is 0 Å². The molecule has 4 heteroatoms. The van der Waals surface area contributed by atoms with Gasteiger partial charge in [0.2, 0.25) is 5.91 Å². The lowest BCUT2D eigenvalue weighted by molar-refractivity contribution is -0.124. The molecule has 2 fully saturated rings. The van der Waals surface area contributed by atoms with Crippen LogP contribution in [0.5, 0.6) is 0 Å². The van der Waals surface area contributed by atoms with E-state index in [2.05, 4.69) is 42.0 Å². The molecule has 2 unspecified atom stereocenters. The SMILES string of the molecule is CCC(CC)C(NC(=O)C1CC12CCNCC2)c1cccs1. The molecule has 22 heavy (non-hydrogen) atoms. The van der Waals surface area contributed by atoms with Gasteiger partial charge in [-0.15, -0.1) is 11.3 Å². The first-order valence-corrected chi connectivity index (χ1v) is 9.62. The van der Waals surface area contributed by atoms with E-state index in [0.29, 0.717) is 17.2 Å². The molecule has 2 N–H and O–H groups in total.